The van der Waals surface area contributed by atoms with Crippen molar-refractivity contribution < 1.29 is 5.11 Å². The molecule has 0 aliphatic heterocycles. The molecule has 5 aromatic rings. The average Bonchev–Trinajstić information content (AvgIpc) is 3.29. The standard InChI is InChI=1S/C26H19N5O2S2/c1-15-11-12-22(28-14-15)31-25(33)17-7-3-4-8-19(17)30-26(31)34-16(2)23(32)18(13-27)24-29-20-9-5-6-10-21(20)35-24/h3-12,14,16,32H,1-2H3/b23-18-. The highest BCUT2D eigenvalue weighted by molar-refractivity contribution is 8.00. The summed E-state index contributed by atoms with van der Waals surface area (Å²) in [7, 11) is 0. The number of pyridine rings is 1. The number of rotatable bonds is 5. The predicted octanol–water partition coefficient (Wildman–Crippen LogP) is 5.67. The fourth-order valence-electron chi connectivity index (χ4n) is 3.60. The van der Waals surface area contributed by atoms with E-state index in [9.17, 15) is 15.2 Å². The second-order valence-electron chi connectivity index (χ2n) is 7.86. The minimum absolute atomic E-state index is 0.106. The number of aliphatic hydroxyl groups is 1. The number of hydrogen-bond acceptors (Lipinski definition) is 8. The first kappa shape index (κ1) is 22.8. The Morgan fingerprint density at radius 3 is 2.54 bits per heavy atom. The molecule has 0 saturated carbocycles. The van der Waals surface area contributed by atoms with Gasteiger partial charge in [0.2, 0.25) is 0 Å². The first-order valence-corrected chi connectivity index (χ1v) is 12.5. The number of benzene rings is 2. The lowest BCUT2D eigenvalue weighted by molar-refractivity contribution is 0.402. The molecule has 3 aromatic heterocycles. The van der Waals surface area contributed by atoms with E-state index in [0.29, 0.717) is 26.9 Å². The number of fused-ring (bicyclic) bond motifs is 2. The van der Waals surface area contributed by atoms with E-state index in [1.54, 1.807) is 37.4 Å². The number of nitriles is 1. The molecule has 0 spiro atoms. The summed E-state index contributed by atoms with van der Waals surface area (Å²) in [5.74, 6) is 0.311. The highest BCUT2D eigenvalue weighted by Crippen LogP contribution is 2.33. The Hall–Kier alpha value is -4.00. The van der Waals surface area contributed by atoms with Crippen LogP contribution in [0.25, 0.3) is 32.5 Å². The molecule has 2 aromatic carbocycles. The number of thioether (sulfide) groups is 1. The van der Waals surface area contributed by atoms with Crippen molar-refractivity contribution in [3.8, 4) is 11.9 Å². The van der Waals surface area contributed by atoms with Crippen molar-refractivity contribution >= 4 is 49.8 Å². The minimum atomic E-state index is -0.582. The number of aromatic nitrogens is 4. The first-order chi connectivity index (χ1) is 17.0. The number of allylic oxidation sites excluding steroid dienone is 1. The summed E-state index contributed by atoms with van der Waals surface area (Å²) in [5.41, 5.74) is 2.13. The summed E-state index contributed by atoms with van der Waals surface area (Å²) in [4.78, 5) is 27.1. The van der Waals surface area contributed by atoms with Crippen LogP contribution >= 0.6 is 23.1 Å². The van der Waals surface area contributed by atoms with Crippen LogP contribution in [0.5, 0.6) is 0 Å². The maximum absolute atomic E-state index is 13.4. The van der Waals surface area contributed by atoms with Gasteiger partial charge >= 0.3 is 0 Å². The summed E-state index contributed by atoms with van der Waals surface area (Å²) >= 11 is 2.53. The van der Waals surface area contributed by atoms with E-state index in [1.165, 1.54) is 27.7 Å². The summed E-state index contributed by atoms with van der Waals surface area (Å²) in [6.45, 7) is 3.68. The Balaban J connectivity index is 1.61. The van der Waals surface area contributed by atoms with Crippen molar-refractivity contribution in [2.24, 2.45) is 0 Å². The number of aliphatic hydroxyl groups excluding tert-OH is 1. The van der Waals surface area contributed by atoms with Crippen molar-refractivity contribution in [3.05, 3.63) is 93.5 Å². The molecule has 7 nitrogen and oxygen atoms in total. The zero-order chi connectivity index (χ0) is 24.5. The topological polar surface area (TPSA) is 105 Å². The van der Waals surface area contributed by atoms with Gasteiger partial charge < -0.3 is 5.11 Å². The number of nitrogens with zero attached hydrogens (tertiary/aromatic N) is 5. The van der Waals surface area contributed by atoms with Crippen LogP contribution in [0.1, 0.15) is 17.5 Å². The molecule has 0 amide bonds. The summed E-state index contributed by atoms with van der Waals surface area (Å²) in [6, 6.07) is 20.4. The molecule has 1 N–H and O–H groups in total. The second kappa shape index (κ2) is 9.33. The van der Waals surface area contributed by atoms with Gasteiger partial charge in [0.15, 0.2) is 5.16 Å². The lowest BCUT2D eigenvalue weighted by Gasteiger charge is -2.16. The average molecular weight is 498 g/mol. The largest absolute Gasteiger partial charge is 0.510 e. The number of thiazole rings is 1. The zero-order valence-electron chi connectivity index (χ0n) is 18.8. The van der Waals surface area contributed by atoms with Crippen LogP contribution in [0.2, 0.25) is 0 Å². The molecule has 1 unspecified atom stereocenters. The molecule has 0 aliphatic rings. The van der Waals surface area contributed by atoms with E-state index < -0.39 is 5.25 Å². The molecule has 1 atom stereocenters. The van der Waals surface area contributed by atoms with Gasteiger partial charge in [-0.3, -0.25) is 4.79 Å². The third-order valence-electron chi connectivity index (χ3n) is 5.41. The van der Waals surface area contributed by atoms with Crippen molar-refractivity contribution in [2.75, 3.05) is 0 Å². The van der Waals surface area contributed by atoms with E-state index >= 15 is 0 Å². The fraction of sp³-hybridized carbons (Fsp3) is 0.115. The molecule has 172 valence electrons. The van der Waals surface area contributed by atoms with E-state index in [2.05, 4.69) is 16.0 Å². The molecule has 0 saturated heterocycles. The number of aryl methyl sites for hydroxylation is 1. The van der Waals surface area contributed by atoms with Crippen molar-refractivity contribution in [1.82, 2.24) is 19.5 Å². The molecule has 5 rings (SSSR count). The zero-order valence-corrected chi connectivity index (χ0v) is 20.5. The van der Waals surface area contributed by atoms with E-state index in [4.69, 9.17) is 4.98 Å². The van der Waals surface area contributed by atoms with Gasteiger partial charge in [0, 0.05) is 6.20 Å². The predicted molar refractivity (Wildman–Crippen MR) is 140 cm³/mol. The van der Waals surface area contributed by atoms with E-state index in [1.807, 2.05) is 43.3 Å². The normalized spacial score (nSPS) is 12.9. The van der Waals surface area contributed by atoms with Gasteiger partial charge in [0.25, 0.3) is 5.56 Å². The van der Waals surface area contributed by atoms with Crippen LogP contribution < -0.4 is 5.56 Å². The Bertz CT molecular complexity index is 1660. The van der Waals surface area contributed by atoms with Crippen LogP contribution in [-0.4, -0.2) is 29.9 Å². The SMILES string of the molecule is Cc1ccc(-n2c(SC(C)/C(O)=C(\C#N)c3nc4ccccc4s3)nc3ccccc3c2=O)nc1. The summed E-state index contributed by atoms with van der Waals surface area (Å²) in [5, 5.41) is 21.6. The minimum Gasteiger partial charge on any atom is -0.510 e. The van der Waals surface area contributed by atoms with E-state index in [-0.39, 0.29) is 16.9 Å². The molecular weight excluding hydrogens is 478 g/mol. The fourth-order valence-corrected chi connectivity index (χ4v) is 5.54. The van der Waals surface area contributed by atoms with Gasteiger partial charge in [-0.1, -0.05) is 42.1 Å². The third kappa shape index (κ3) is 4.30. The molecule has 3 heterocycles. The smallest absolute Gasteiger partial charge is 0.267 e. The quantitative estimate of drug-likeness (QED) is 0.144. The van der Waals surface area contributed by atoms with Gasteiger partial charge in [-0.15, -0.1) is 11.3 Å². The van der Waals surface area contributed by atoms with Crippen LogP contribution in [0.15, 0.2) is 82.6 Å². The van der Waals surface area contributed by atoms with Crippen LogP contribution in [0, 0.1) is 18.3 Å². The van der Waals surface area contributed by atoms with Gasteiger partial charge in [-0.2, -0.15) is 5.26 Å². The van der Waals surface area contributed by atoms with Crippen LogP contribution in [0.3, 0.4) is 0 Å². The van der Waals surface area contributed by atoms with E-state index in [0.717, 1.165) is 15.8 Å². The molecular formula is C26H19N5O2S2. The summed E-state index contributed by atoms with van der Waals surface area (Å²) in [6.07, 6.45) is 1.69. The summed E-state index contributed by atoms with van der Waals surface area (Å²) < 4.78 is 2.37. The Morgan fingerprint density at radius 2 is 1.83 bits per heavy atom. The maximum atomic E-state index is 13.4. The number of para-hydroxylation sites is 2. The second-order valence-corrected chi connectivity index (χ2v) is 10.2. The van der Waals surface area contributed by atoms with Crippen molar-refractivity contribution in [1.29, 1.82) is 5.26 Å². The molecule has 0 bridgehead atoms. The third-order valence-corrected chi connectivity index (χ3v) is 7.53. The maximum Gasteiger partial charge on any atom is 0.267 e. The molecule has 0 fully saturated rings. The highest BCUT2D eigenvalue weighted by Gasteiger charge is 2.23. The van der Waals surface area contributed by atoms with Crippen molar-refractivity contribution in [2.45, 2.75) is 24.3 Å². The first-order valence-electron chi connectivity index (χ1n) is 10.8. The number of hydrogen-bond donors (Lipinski definition) is 1. The van der Waals surface area contributed by atoms with Crippen molar-refractivity contribution in [3.63, 3.8) is 0 Å². The Morgan fingerprint density at radius 1 is 1.09 bits per heavy atom. The molecule has 0 aliphatic carbocycles. The monoisotopic (exact) mass is 497 g/mol. The Labute approximate surface area is 209 Å². The lowest BCUT2D eigenvalue weighted by Crippen LogP contribution is -2.23. The Kier molecular flexibility index (Phi) is 6.07. The van der Waals surface area contributed by atoms with Gasteiger partial charge in [0.1, 0.15) is 28.2 Å². The van der Waals surface area contributed by atoms with Gasteiger partial charge in [-0.05, 0) is 49.7 Å². The molecule has 9 heteroatoms. The van der Waals surface area contributed by atoms with Crippen LogP contribution in [0.4, 0.5) is 0 Å². The molecule has 0 radical (unpaired) electrons. The van der Waals surface area contributed by atoms with Crippen LogP contribution in [-0.2, 0) is 0 Å². The molecule has 35 heavy (non-hydrogen) atoms. The lowest BCUT2D eigenvalue weighted by atomic mass is 10.2. The van der Waals surface area contributed by atoms with Gasteiger partial charge in [-0.25, -0.2) is 19.5 Å². The van der Waals surface area contributed by atoms with Gasteiger partial charge in [0.05, 0.1) is 26.4 Å². The highest BCUT2D eigenvalue weighted by atomic mass is 32.2.